The van der Waals surface area contributed by atoms with Crippen molar-refractivity contribution >= 4 is 11.7 Å². The van der Waals surface area contributed by atoms with Crippen molar-refractivity contribution in [1.29, 1.82) is 0 Å². The van der Waals surface area contributed by atoms with E-state index in [0.29, 0.717) is 0 Å². The highest BCUT2D eigenvalue weighted by atomic mass is 19.4. The number of ketones is 1. The third kappa shape index (κ3) is 6.45. The summed E-state index contributed by atoms with van der Waals surface area (Å²) in [5.74, 6) is -1.05. The maximum atomic E-state index is 11.7. The van der Waals surface area contributed by atoms with E-state index < -0.39 is 31.0 Å². The minimum absolute atomic E-state index is 0.287. The Kier molecular flexibility index (Phi) is 4.59. The van der Waals surface area contributed by atoms with Crippen molar-refractivity contribution in [3.63, 3.8) is 0 Å². The van der Waals surface area contributed by atoms with Gasteiger partial charge in [-0.25, -0.2) is 0 Å². The smallest absolute Gasteiger partial charge is 0.347 e. The van der Waals surface area contributed by atoms with E-state index in [0.717, 1.165) is 0 Å². The first-order chi connectivity index (χ1) is 6.22. The number of alkyl halides is 3. The van der Waals surface area contributed by atoms with Crippen LogP contribution in [0.3, 0.4) is 0 Å². The van der Waals surface area contributed by atoms with Gasteiger partial charge in [0.25, 0.3) is 0 Å². The van der Waals surface area contributed by atoms with Crippen LogP contribution >= 0.6 is 0 Å². The van der Waals surface area contributed by atoms with Gasteiger partial charge in [-0.3, -0.25) is 9.59 Å². The lowest BCUT2D eigenvalue weighted by atomic mass is 10.2. The summed E-state index contributed by atoms with van der Waals surface area (Å²) < 4.78 is 35.0. The topological polar surface area (TPSA) is 46.2 Å². The van der Waals surface area contributed by atoms with Crippen LogP contribution in [-0.4, -0.2) is 23.9 Å². The van der Waals surface area contributed by atoms with E-state index in [2.05, 4.69) is 5.32 Å². The Morgan fingerprint density at radius 3 is 2.21 bits per heavy atom. The highest BCUT2D eigenvalue weighted by Gasteiger charge is 2.28. The highest BCUT2D eigenvalue weighted by Crippen LogP contribution is 2.20. The second-order valence-electron chi connectivity index (χ2n) is 3.02. The second-order valence-corrected chi connectivity index (χ2v) is 3.02. The van der Waals surface area contributed by atoms with Crippen molar-refractivity contribution in [2.75, 3.05) is 0 Å². The summed E-state index contributed by atoms with van der Waals surface area (Å²) >= 11 is 0. The number of hydrogen-bond donors (Lipinski definition) is 1. The first kappa shape index (κ1) is 12.9. The quantitative estimate of drug-likeness (QED) is 0.764. The number of Topliss-reactive ketones (excluding diaryl/α,β-unsaturated/α-hetero) is 1. The number of carbonyl (C=O) groups is 2. The molecule has 1 N–H and O–H groups in total. The SMILES string of the molecule is CC(=O)C(C)NC(=O)CCC(F)(F)F. The molecule has 0 saturated heterocycles. The lowest BCUT2D eigenvalue weighted by molar-refractivity contribution is -0.144. The van der Waals surface area contributed by atoms with Gasteiger partial charge in [0.15, 0.2) is 5.78 Å². The molecule has 3 nitrogen and oxygen atoms in total. The van der Waals surface area contributed by atoms with Gasteiger partial charge < -0.3 is 5.32 Å². The molecule has 14 heavy (non-hydrogen) atoms. The number of carbonyl (C=O) groups excluding carboxylic acids is 2. The fourth-order valence-corrected chi connectivity index (χ4v) is 0.671. The fraction of sp³-hybridized carbons (Fsp3) is 0.750. The summed E-state index contributed by atoms with van der Waals surface area (Å²) in [5.41, 5.74) is 0. The lowest BCUT2D eigenvalue weighted by Gasteiger charge is -2.11. The van der Waals surface area contributed by atoms with Crippen molar-refractivity contribution in [2.24, 2.45) is 0 Å². The molecular weight excluding hydrogens is 199 g/mol. The Morgan fingerprint density at radius 1 is 1.36 bits per heavy atom. The van der Waals surface area contributed by atoms with E-state index in [4.69, 9.17) is 0 Å². The summed E-state index contributed by atoms with van der Waals surface area (Å²) in [6, 6.07) is -0.726. The third-order valence-corrected chi connectivity index (χ3v) is 1.62. The van der Waals surface area contributed by atoms with Crippen LogP contribution < -0.4 is 5.32 Å². The first-order valence-electron chi connectivity index (χ1n) is 4.09. The molecule has 0 radical (unpaired) electrons. The molecule has 0 aromatic carbocycles. The van der Waals surface area contributed by atoms with Crippen molar-refractivity contribution in [1.82, 2.24) is 5.32 Å². The molecule has 0 spiro atoms. The average Bonchev–Trinajstić information content (AvgIpc) is 1.99. The molecule has 6 heteroatoms. The molecule has 0 saturated carbocycles. The molecule has 0 rings (SSSR count). The van der Waals surface area contributed by atoms with E-state index in [1.807, 2.05) is 0 Å². The van der Waals surface area contributed by atoms with Crippen LogP contribution in [0.2, 0.25) is 0 Å². The summed E-state index contributed by atoms with van der Waals surface area (Å²) in [5, 5.41) is 2.16. The molecule has 0 aromatic rings. The summed E-state index contributed by atoms with van der Waals surface area (Å²) in [7, 11) is 0. The van der Waals surface area contributed by atoms with Crippen molar-refractivity contribution in [3.05, 3.63) is 0 Å². The van der Waals surface area contributed by atoms with Gasteiger partial charge in [0.2, 0.25) is 5.91 Å². The molecule has 0 aliphatic carbocycles. The van der Waals surface area contributed by atoms with Gasteiger partial charge >= 0.3 is 6.18 Å². The summed E-state index contributed by atoms with van der Waals surface area (Å²) in [6.07, 6.45) is -6.14. The molecule has 0 fully saturated rings. The van der Waals surface area contributed by atoms with Gasteiger partial charge in [0.05, 0.1) is 12.5 Å². The van der Waals surface area contributed by atoms with Crippen LogP contribution in [0.15, 0.2) is 0 Å². The predicted octanol–water partition coefficient (Wildman–Crippen LogP) is 1.42. The maximum Gasteiger partial charge on any atom is 0.389 e. The Bertz CT molecular complexity index is 225. The fourth-order valence-electron chi connectivity index (χ4n) is 0.671. The van der Waals surface area contributed by atoms with Crippen LogP contribution in [0.5, 0.6) is 0 Å². The molecule has 1 unspecified atom stereocenters. The molecule has 0 aliphatic rings. The minimum atomic E-state index is -4.34. The monoisotopic (exact) mass is 211 g/mol. The molecule has 82 valence electrons. The Labute approximate surface area is 79.7 Å². The van der Waals surface area contributed by atoms with Crippen molar-refractivity contribution in [3.8, 4) is 0 Å². The zero-order valence-corrected chi connectivity index (χ0v) is 7.94. The van der Waals surface area contributed by atoms with E-state index in [1.54, 1.807) is 0 Å². The van der Waals surface area contributed by atoms with Crippen LogP contribution in [-0.2, 0) is 9.59 Å². The number of rotatable bonds is 4. The Hall–Kier alpha value is -1.07. The van der Waals surface area contributed by atoms with Crippen LogP contribution in [0.4, 0.5) is 13.2 Å². The Morgan fingerprint density at radius 2 is 1.86 bits per heavy atom. The summed E-state index contributed by atoms with van der Waals surface area (Å²) in [6.45, 7) is 2.68. The number of halogens is 3. The number of hydrogen-bond acceptors (Lipinski definition) is 2. The molecule has 0 aromatic heterocycles. The maximum absolute atomic E-state index is 11.7. The van der Waals surface area contributed by atoms with Crippen molar-refractivity contribution in [2.45, 2.75) is 38.9 Å². The summed E-state index contributed by atoms with van der Waals surface area (Å²) in [4.78, 5) is 21.5. The van der Waals surface area contributed by atoms with E-state index in [-0.39, 0.29) is 5.78 Å². The molecule has 1 atom stereocenters. The molecular formula is C8H12F3NO2. The van der Waals surface area contributed by atoms with E-state index in [1.165, 1.54) is 13.8 Å². The molecule has 0 heterocycles. The van der Waals surface area contributed by atoms with Gasteiger partial charge in [-0.1, -0.05) is 0 Å². The molecule has 0 aliphatic heterocycles. The van der Waals surface area contributed by atoms with Crippen LogP contribution in [0.25, 0.3) is 0 Å². The largest absolute Gasteiger partial charge is 0.389 e. The molecule has 1 amide bonds. The van der Waals surface area contributed by atoms with E-state index in [9.17, 15) is 22.8 Å². The lowest BCUT2D eigenvalue weighted by Crippen LogP contribution is -2.37. The number of nitrogens with one attached hydrogen (secondary N) is 1. The van der Waals surface area contributed by atoms with Crippen molar-refractivity contribution < 1.29 is 22.8 Å². The number of amides is 1. The average molecular weight is 211 g/mol. The second kappa shape index (κ2) is 4.97. The minimum Gasteiger partial charge on any atom is -0.347 e. The van der Waals surface area contributed by atoms with Gasteiger partial charge in [-0.15, -0.1) is 0 Å². The zero-order valence-electron chi connectivity index (χ0n) is 7.94. The molecule has 0 bridgehead atoms. The van der Waals surface area contributed by atoms with Gasteiger partial charge in [0.1, 0.15) is 0 Å². The van der Waals surface area contributed by atoms with Crippen LogP contribution in [0, 0.1) is 0 Å². The third-order valence-electron chi connectivity index (χ3n) is 1.62. The van der Waals surface area contributed by atoms with Gasteiger partial charge in [0, 0.05) is 6.42 Å². The van der Waals surface area contributed by atoms with Crippen LogP contribution in [0.1, 0.15) is 26.7 Å². The van der Waals surface area contributed by atoms with E-state index >= 15 is 0 Å². The first-order valence-corrected chi connectivity index (χ1v) is 4.09. The zero-order chi connectivity index (χ0) is 11.4. The normalized spacial score (nSPS) is 13.5. The standard InChI is InChI=1S/C8H12F3NO2/c1-5(6(2)13)12-7(14)3-4-8(9,10)11/h5H,3-4H2,1-2H3,(H,12,14). The van der Waals surface area contributed by atoms with Gasteiger partial charge in [-0.2, -0.15) is 13.2 Å². The Balaban J connectivity index is 3.83. The van der Waals surface area contributed by atoms with Gasteiger partial charge in [-0.05, 0) is 13.8 Å². The highest BCUT2D eigenvalue weighted by molar-refractivity contribution is 5.87. The predicted molar refractivity (Wildman–Crippen MR) is 43.6 cm³/mol.